The summed E-state index contributed by atoms with van der Waals surface area (Å²) in [5, 5.41) is 11.2. The summed E-state index contributed by atoms with van der Waals surface area (Å²) in [6.07, 6.45) is -0.713. The second-order valence-electron chi connectivity index (χ2n) is 5.64. The van der Waals surface area contributed by atoms with Gasteiger partial charge in [0, 0.05) is 6.54 Å². The van der Waals surface area contributed by atoms with Crippen LogP contribution in [-0.2, 0) is 24.3 Å². The molecule has 0 aromatic carbocycles. The van der Waals surface area contributed by atoms with Crippen LogP contribution in [0.1, 0.15) is 19.8 Å². The Balaban J connectivity index is 1.88. The highest BCUT2D eigenvalue weighted by Crippen LogP contribution is 2.30. The fraction of sp³-hybridized carbons (Fsp3) is 0.727. The standard InChI is InChI=1S/C11H18N4O9S/c1-6(12-10(17)18)5-23-13-9(16)8-3-2-7-4-14(8)11(19)15(7)24-25(20,21)22/h6-8,12H,2-5H2,1H3,(H,13,16)(H,17,18)(H,20,21,22)/t6-,7+,8-/m0/s1. The lowest BCUT2D eigenvalue weighted by Gasteiger charge is -2.29. The molecule has 2 aliphatic heterocycles. The van der Waals surface area contributed by atoms with Crippen molar-refractivity contribution in [1.29, 1.82) is 0 Å². The van der Waals surface area contributed by atoms with E-state index in [1.54, 1.807) is 0 Å². The zero-order chi connectivity index (χ0) is 18.8. The summed E-state index contributed by atoms with van der Waals surface area (Å²) in [7, 11) is -4.85. The number of rotatable bonds is 7. The number of amides is 4. The van der Waals surface area contributed by atoms with E-state index in [1.165, 1.54) is 6.92 Å². The molecule has 0 aromatic heterocycles. The van der Waals surface area contributed by atoms with E-state index in [0.29, 0.717) is 5.06 Å². The van der Waals surface area contributed by atoms with Crippen LogP contribution in [0.25, 0.3) is 0 Å². The molecule has 2 bridgehead atoms. The third-order valence-corrected chi connectivity index (χ3v) is 4.02. The molecule has 0 aliphatic carbocycles. The normalized spacial score (nSPS) is 24.2. The topological polar surface area (TPSA) is 175 Å². The lowest BCUT2D eigenvalue weighted by Crippen LogP contribution is -2.50. The molecule has 0 radical (unpaired) electrons. The van der Waals surface area contributed by atoms with Gasteiger partial charge in [-0.1, -0.05) is 0 Å². The number of hydrogen-bond acceptors (Lipinski definition) is 7. The van der Waals surface area contributed by atoms with Crippen LogP contribution in [0.4, 0.5) is 9.59 Å². The largest absolute Gasteiger partial charge is 0.465 e. The summed E-state index contributed by atoms with van der Waals surface area (Å²) < 4.78 is 34.5. The summed E-state index contributed by atoms with van der Waals surface area (Å²) in [6.45, 7) is 1.46. The van der Waals surface area contributed by atoms with Crippen molar-refractivity contribution in [1.82, 2.24) is 20.8 Å². The number of carbonyl (C=O) groups is 3. The average molecular weight is 382 g/mol. The predicted octanol–water partition coefficient (Wildman–Crippen LogP) is -1.31. The van der Waals surface area contributed by atoms with Gasteiger partial charge < -0.3 is 15.3 Å². The first kappa shape index (κ1) is 19.2. The molecule has 2 heterocycles. The Labute approximate surface area is 142 Å². The molecule has 0 saturated carbocycles. The number of carbonyl (C=O) groups excluding carboxylic acids is 2. The number of urea groups is 1. The van der Waals surface area contributed by atoms with Gasteiger partial charge in [0.1, 0.15) is 6.04 Å². The number of carboxylic acid groups (broad SMARTS) is 1. The summed E-state index contributed by atoms with van der Waals surface area (Å²) in [5.41, 5.74) is 2.13. The lowest BCUT2D eigenvalue weighted by molar-refractivity contribution is -0.139. The molecule has 0 spiro atoms. The van der Waals surface area contributed by atoms with E-state index in [0.717, 1.165) is 4.90 Å². The van der Waals surface area contributed by atoms with Crippen molar-refractivity contribution >= 4 is 28.4 Å². The zero-order valence-corrected chi connectivity index (χ0v) is 13.9. The van der Waals surface area contributed by atoms with Gasteiger partial charge in [0.2, 0.25) is 0 Å². The molecule has 25 heavy (non-hydrogen) atoms. The van der Waals surface area contributed by atoms with Crippen LogP contribution in [0.2, 0.25) is 0 Å². The lowest BCUT2D eigenvalue weighted by atomic mass is 10.0. The number of nitrogens with zero attached hydrogens (tertiary/aromatic N) is 2. The predicted molar refractivity (Wildman–Crippen MR) is 78.1 cm³/mol. The summed E-state index contributed by atoms with van der Waals surface area (Å²) >= 11 is 0. The minimum atomic E-state index is -4.85. The Bertz CT molecular complexity index is 654. The van der Waals surface area contributed by atoms with Crippen molar-refractivity contribution in [2.75, 3.05) is 13.2 Å². The Kier molecular flexibility index (Phi) is 5.66. The SMILES string of the molecule is C[C@@H](CONC(=O)[C@@H]1CC[C@@H]2CN1C(=O)N2OS(=O)(=O)O)NC(=O)O. The van der Waals surface area contributed by atoms with Gasteiger partial charge >= 0.3 is 22.5 Å². The molecule has 2 aliphatic rings. The molecule has 142 valence electrons. The number of fused-ring (bicyclic) bond motifs is 2. The van der Waals surface area contributed by atoms with E-state index in [9.17, 15) is 22.8 Å². The average Bonchev–Trinajstić information content (AvgIpc) is 2.70. The minimum absolute atomic E-state index is 0.0589. The van der Waals surface area contributed by atoms with E-state index in [2.05, 4.69) is 15.1 Å². The fourth-order valence-corrected chi connectivity index (χ4v) is 3.05. The Morgan fingerprint density at radius 2 is 2.08 bits per heavy atom. The molecular weight excluding hydrogens is 364 g/mol. The second kappa shape index (κ2) is 7.38. The molecule has 2 rings (SSSR count). The van der Waals surface area contributed by atoms with Crippen molar-refractivity contribution in [3.63, 3.8) is 0 Å². The van der Waals surface area contributed by atoms with E-state index in [4.69, 9.17) is 14.5 Å². The Morgan fingerprint density at radius 3 is 2.68 bits per heavy atom. The molecule has 3 atom stereocenters. The van der Waals surface area contributed by atoms with E-state index in [-0.39, 0.29) is 26.0 Å². The van der Waals surface area contributed by atoms with Gasteiger partial charge in [0.15, 0.2) is 0 Å². The Morgan fingerprint density at radius 1 is 1.40 bits per heavy atom. The van der Waals surface area contributed by atoms with E-state index in [1.807, 2.05) is 0 Å². The zero-order valence-electron chi connectivity index (χ0n) is 13.1. The molecule has 0 aromatic rings. The maximum atomic E-state index is 12.1. The maximum absolute atomic E-state index is 12.1. The minimum Gasteiger partial charge on any atom is -0.465 e. The highest BCUT2D eigenvalue weighted by molar-refractivity contribution is 7.80. The molecule has 4 amide bonds. The number of hydroxylamine groups is 3. The van der Waals surface area contributed by atoms with Gasteiger partial charge in [-0.3, -0.25) is 14.2 Å². The van der Waals surface area contributed by atoms with Crippen LogP contribution in [0.15, 0.2) is 0 Å². The third kappa shape index (κ3) is 4.91. The van der Waals surface area contributed by atoms with Crippen LogP contribution in [-0.4, -0.2) is 77.3 Å². The van der Waals surface area contributed by atoms with Gasteiger partial charge in [-0.15, -0.1) is 4.28 Å². The number of piperidine rings is 1. The highest BCUT2D eigenvalue weighted by atomic mass is 32.3. The second-order valence-corrected chi connectivity index (χ2v) is 6.64. The highest BCUT2D eigenvalue weighted by Gasteiger charge is 2.49. The Hall–Kier alpha value is -2.16. The van der Waals surface area contributed by atoms with Crippen molar-refractivity contribution in [2.45, 2.75) is 37.9 Å². The van der Waals surface area contributed by atoms with E-state index < -0.39 is 46.6 Å². The quantitative estimate of drug-likeness (QED) is 0.308. The molecular formula is C11H18N4O9S. The van der Waals surface area contributed by atoms with Crippen molar-refractivity contribution < 1.29 is 41.6 Å². The summed E-state index contributed by atoms with van der Waals surface area (Å²) in [6, 6.07) is -2.93. The molecule has 13 nitrogen and oxygen atoms in total. The maximum Gasteiger partial charge on any atom is 0.418 e. The van der Waals surface area contributed by atoms with Crippen LogP contribution in [0.3, 0.4) is 0 Å². The fourth-order valence-electron chi connectivity index (χ4n) is 2.66. The van der Waals surface area contributed by atoms with Crippen LogP contribution >= 0.6 is 0 Å². The van der Waals surface area contributed by atoms with Gasteiger partial charge in [-0.05, 0) is 19.8 Å². The smallest absolute Gasteiger partial charge is 0.418 e. The van der Waals surface area contributed by atoms with Gasteiger partial charge in [-0.2, -0.15) is 13.5 Å². The van der Waals surface area contributed by atoms with Crippen LogP contribution in [0, 0.1) is 0 Å². The van der Waals surface area contributed by atoms with Crippen molar-refractivity contribution in [2.24, 2.45) is 0 Å². The summed E-state index contributed by atoms with van der Waals surface area (Å²) in [4.78, 5) is 40.7. The van der Waals surface area contributed by atoms with Crippen molar-refractivity contribution in [3.8, 4) is 0 Å². The molecule has 4 N–H and O–H groups in total. The first-order valence-corrected chi connectivity index (χ1v) is 8.63. The van der Waals surface area contributed by atoms with Gasteiger partial charge in [0.05, 0.1) is 18.7 Å². The van der Waals surface area contributed by atoms with Gasteiger partial charge in [0.25, 0.3) is 5.91 Å². The monoisotopic (exact) mass is 382 g/mol. The molecule has 2 saturated heterocycles. The van der Waals surface area contributed by atoms with Crippen LogP contribution < -0.4 is 10.8 Å². The first-order chi connectivity index (χ1) is 11.6. The third-order valence-electron chi connectivity index (χ3n) is 3.68. The van der Waals surface area contributed by atoms with Crippen LogP contribution in [0.5, 0.6) is 0 Å². The van der Waals surface area contributed by atoms with Gasteiger partial charge in [-0.25, -0.2) is 15.1 Å². The number of hydrogen-bond donors (Lipinski definition) is 4. The molecule has 14 heteroatoms. The summed E-state index contributed by atoms with van der Waals surface area (Å²) in [5.74, 6) is -0.636. The first-order valence-electron chi connectivity index (χ1n) is 7.26. The van der Waals surface area contributed by atoms with Crippen molar-refractivity contribution in [3.05, 3.63) is 0 Å². The molecule has 0 unspecified atom stereocenters. The molecule has 2 fully saturated rings. The number of nitrogens with one attached hydrogen (secondary N) is 2. The van der Waals surface area contributed by atoms with E-state index >= 15 is 0 Å².